The number of hydrogen-bond acceptors (Lipinski definition) is 2. The predicted molar refractivity (Wildman–Crippen MR) is 76.3 cm³/mol. The van der Waals surface area contributed by atoms with E-state index in [4.69, 9.17) is 4.74 Å². The van der Waals surface area contributed by atoms with Crippen molar-refractivity contribution in [2.24, 2.45) is 0 Å². The van der Waals surface area contributed by atoms with Gasteiger partial charge in [0, 0.05) is 6.04 Å². The molecule has 0 bridgehead atoms. The molecule has 1 aliphatic rings. The van der Waals surface area contributed by atoms with Crippen molar-refractivity contribution >= 4 is 0 Å². The van der Waals surface area contributed by atoms with E-state index in [-0.39, 0.29) is 0 Å². The lowest BCUT2D eigenvalue weighted by atomic mass is 9.87. The monoisotopic (exact) mass is 247 g/mol. The Hall–Kier alpha value is -1.02. The highest BCUT2D eigenvalue weighted by atomic mass is 16.5. The zero-order valence-corrected chi connectivity index (χ0v) is 11.6. The molecular weight excluding hydrogens is 222 g/mol. The molecule has 1 aromatic carbocycles. The highest BCUT2D eigenvalue weighted by Crippen LogP contribution is 2.32. The molecule has 18 heavy (non-hydrogen) atoms. The largest absolute Gasteiger partial charge is 0.494 e. The molecule has 0 saturated heterocycles. The molecule has 100 valence electrons. The number of benzene rings is 1. The van der Waals surface area contributed by atoms with Crippen LogP contribution in [-0.4, -0.2) is 19.7 Å². The summed E-state index contributed by atoms with van der Waals surface area (Å²) in [4.78, 5) is 0. The van der Waals surface area contributed by atoms with E-state index in [0.717, 1.165) is 12.4 Å². The smallest absolute Gasteiger partial charge is 0.119 e. The summed E-state index contributed by atoms with van der Waals surface area (Å²) >= 11 is 0. The van der Waals surface area contributed by atoms with Gasteiger partial charge < -0.3 is 10.1 Å². The molecule has 1 saturated carbocycles. The summed E-state index contributed by atoms with van der Waals surface area (Å²) in [6.07, 6.45) is 6.70. The molecule has 1 aliphatic carbocycles. The van der Waals surface area contributed by atoms with Crippen LogP contribution in [0.4, 0.5) is 0 Å². The van der Waals surface area contributed by atoms with E-state index in [2.05, 4.69) is 36.6 Å². The summed E-state index contributed by atoms with van der Waals surface area (Å²) in [5.74, 6) is 1.64. The second-order valence-electron chi connectivity index (χ2n) is 5.14. The average molecular weight is 247 g/mol. The van der Waals surface area contributed by atoms with Crippen molar-refractivity contribution in [3.8, 4) is 5.75 Å². The van der Waals surface area contributed by atoms with E-state index in [1.165, 1.54) is 37.7 Å². The molecule has 0 heterocycles. The Bertz CT molecular complexity index is 347. The van der Waals surface area contributed by atoms with E-state index < -0.39 is 0 Å². The summed E-state index contributed by atoms with van der Waals surface area (Å²) in [6.45, 7) is 2.76. The van der Waals surface area contributed by atoms with Gasteiger partial charge >= 0.3 is 0 Å². The third-order valence-corrected chi connectivity index (χ3v) is 4.01. The number of hydrogen-bond donors (Lipinski definition) is 1. The highest BCUT2D eigenvalue weighted by molar-refractivity contribution is 5.30. The van der Waals surface area contributed by atoms with Gasteiger partial charge in [0.25, 0.3) is 0 Å². The van der Waals surface area contributed by atoms with Gasteiger partial charge in [-0.05, 0) is 50.4 Å². The molecule has 1 aromatic rings. The normalized spacial score (nSPS) is 24.6. The van der Waals surface area contributed by atoms with E-state index in [1.807, 2.05) is 6.92 Å². The molecular formula is C16H25NO. The molecule has 1 N–H and O–H groups in total. The number of likely N-dealkylation sites (N-methyl/N-ethyl adjacent to an activating group) is 1. The third kappa shape index (κ3) is 3.26. The molecule has 0 aromatic heterocycles. The Morgan fingerprint density at radius 1 is 1.11 bits per heavy atom. The quantitative estimate of drug-likeness (QED) is 0.819. The fourth-order valence-corrected chi connectivity index (χ4v) is 3.03. The van der Waals surface area contributed by atoms with Gasteiger partial charge in [-0.2, -0.15) is 0 Å². The topological polar surface area (TPSA) is 21.3 Å². The molecule has 2 atom stereocenters. The van der Waals surface area contributed by atoms with E-state index >= 15 is 0 Å². The second-order valence-corrected chi connectivity index (χ2v) is 5.14. The van der Waals surface area contributed by atoms with Crippen LogP contribution >= 0.6 is 0 Å². The van der Waals surface area contributed by atoms with Crippen LogP contribution < -0.4 is 10.1 Å². The zero-order chi connectivity index (χ0) is 12.8. The van der Waals surface area contributed by atoms with Crippen LogP contribution in [0.15, 0.2) is 24.3 Å². The molecule has 0 amide bonds. The Morgan fingerprint density at radius 3 is 2.50 bits per heavy atom. The first kappa shape index (κ1) is 13.4. The summed E-state index contributed by atoms with van der Waals surface area (Å²) < 4.78 is 5.51. The van der Waals surface area contributed by atoms with Gasteiger partial charge in [-0.3, -0.25) is 0 Å². The highest BCUT2D eigenvalue weighted by Gasteiger charge is 2.23. The standard InChI is InChI=1S/C16H25NO/c1-3-18-14-11-9-13(10-12-14)15-7-5-4-6-8-16(15)17-2/h9-12,15-17H,3-8H2,1-2H3. The van der Waals surface area contributed by atoms with Crippen LogP contribution in [0.3, 0.4) is 0 Å². The first-order valence-corrected chi connectivity index (χ1v) is 7.25. The Morgan fingerprint density at radius 2 is 1.83 bits per heavy atom. The van der Waals surface area contributed by atoms with Gasteiger partial charge in [-0.15, -0.1) is 0 Å². The first-order valence-electron chi connectivity index (χ1n) is 7.25. The minimum Gasteiger partial charge on any atom is -0.494 e. The summed E-state index contributed by atoms with van der Waals surface area (Å²) in [5, 5.41) is 3.50. The number of rotatable bonds is 4. The fraction of sp³-hybridized carbons (Fsp3) is 0.625. The van der Waals surface area contributed by atoms with Crippen LogP contribution in [0.25, 0.3) is 0 Å². The minimum absolute atomic E-state index is 0.630. The van der Waals surface area contributed by atoms with Gasteiger partial charge in [0.05, 0.1) is 6.61 Å². The lowest BCUT2D eigenvalue weighted by molar-refractivity contribution is 0.340. The summed E-state index contributed by atoms with van der Waals surface area (Å²) in [6, 6.07) is 9.33. The van der Waals surface area contributed by atoms with Crippen LogP contribution in [-0.2, 0) is 0 Å². The molecule has 0 aliphatic heterocycles. The van der Waals surface area contributed by atoms with Gasteiger partial charge in [0.1, 0.15) is 5.75 Å². The van der Waals surface area contributed by atoms with E-state index in [9.17, 15) is 0 Å². The lowest BCUT2D eigenvalue weighted by Gasteiger charge is -2.25. The summed E-state index contributed by atoms with van der Waals surface area (Å²) in [7, 11) is 2.09. The van der Waals surface area contributed by atoms with Crippen molar-refractivity contribution in [2.45, 2.75) is 51.0 Å². The fourth-order valence-electron chi connectivity index (χ4n) is 3.03. The van der Waals surface area contributed by atoms with Crippen molar-refractivity contribution in [2.75, 3.05) is 13.7 Å². The van der Waals surface area contributed by atoms with Gasteiger partial charge in [0.15, 0.2) is 0 Å². The molecule has 0 spiro atoms. The van der Waals surface area contributed by atoms with Crippen molar-refractivity contribution < 1.29 is 4.74 Å². The van der Waals surface area contributed by atoms with Crippen molar-refractivity contribution in [3.05, 3.63) is 29.8 Å². The van der Waals surface area contributed by atoms with Gasteiger partial charge in [-0.25, -0.2) is 0 Å². The molecule has 2 nitrogen and oxygen atoms in total. The number of ether oxygens (including phenoxy) is 1. The van der Waals surface area contributed by atoms with Crippen molar-refractivity contribution in [3.63, 3.8) is 0 Å². The van der Waals surface area contributed by atoms with Crippen LogP contribution in [0.2, 0.25) is 0 Å². The van der Waals surface area contributed by atoms with Crippen molar-refractivity contribution in [1.82, 2.24) is 5.32 Å². The minimum atomic E-state index is 0.630. The molecule has 2 heteroatoms. The second kappa shape index (κ2) is 6.79. The van der Waals surface area contributed by atoms with Crippen molar-refractivity contribution in [1.29, 1.82) is 0 Å². The number of nitrogens with one attached hydrogen (secondary N) is 1. The molecule has 0 radical (unpaired) electrons. The Kier molecular flexibility index (Phi) is 5.06. The SMILES string of the molecule is CCOc1ccc(C2CCCCCC2NC)cc1. The maximum absolute atomic E-state index is 5.51. The molecule has 2 rings (SSSR count). The average Bonchev–Trinajstić information content (AvgIpc) is 2.65. The lowest BCUT2D eigenvalue weighted by Crippen LogP contribution is -2.31. The maximum Gasteiger partial charge on any atom is 0.119 e. The van der Waals surface area contributed by atoms with Crippen LogP contribution in [0.1, 0.15) is 50.5 Å². The molecule has 1 fully saturated rings. The molecule has 2 unspecified atom stereocenters. The zero-order valence-electron chi connectivity index (χ0n) is 11.6. The van der Waals surface area contributed by atoms with Crippen LogP contribution in [0, 0.1) is 0 Å². The Labute approximate surface area is 111 Å². The maximum atomic E-state index is 5.51. The van der Waals surface area contributed by atoms with Crippen LogP contribution in [0.5, 0.6) is 5.75 Å². The van der Waals surface area contributed by atoms with E-state index in [1.54, 1.807) is 0 Å². The van der Waals surface area contributed by atoms with Gasteiger partial charge in [-0.1, -0.05) is 31.4 Å². The van der Waals surface area contributed by atoms with Gasteiger partial charge in [0.2, 0.25) is 0 Å². The third-order valence-electron chi connectivity index (χ3n) is 4.01. The predicted octanol–water partition coefficient (Wildman–Crippen LogP) is 3.72. The van der Waals surface area contributed by atoms with E-state index in [0.29, 0.717) is 12.0 Å². The first-order chi connectivity index (χ1) is 8.85. The summed E-state index contributed by atoms with van der Waals surface area (Å²) in [5.41, 5.74) is 1.46. The Balaban J connectivity index is 2.11.